The van der Waals surface area contributed by atoms with E-state index in [1.165, 1.54) is 6.92 Å². The lowest BCUT2D eigenvalue weighted by atomic mass is 9.33. The van der Waals surface area contributed by atoms with Crippen molar-refractivity contribution in [1.82, 2.24) is 0 Å². The van der Waals surface area contributed by atoms with Crippen LogP contribution in [-0.2, 0) is 38.0 Å². The van der Waals surface area contributed by atoms with Crippen LogP contribution >= 0.6 is 0 Å². The first-order chi connectivity index (χ1) is 30.9. The molecule has 0 bridgehead atoms. The standard InChI is InChI=1S/C47H72O19/c1-20-9-14-47(16-15-44(4)22(23(47)17-20)7-8-26-43(3)12-11-28(49)46(6,41(58)59)27(43)10-13-45(26,44)5)42(60)66-40-35(56)32(53)30(51)25(64-40)19-61-38-36(57)33(54)37(24(18-48)63-38)65-39-34(55)31(52)29(50)21(2)62-39/h7,21,23-40,48-57H,1,8-19H2,2-6H3,(H,58,59)/t21-,23-,24+,25+,26?,27?,28-,29-,30+,31+,32-,33+,34+,35+,36+,37+,38+,39-,40-,43+,44+,45+,46-,47-/m0/s1. The monoisotopic (exact) mass is 940 g/mol. The number of allylic oxidation sites excluding steroid dienone is 3. The molecule has 19 heteroatoms. The van der Waals surface area contributed by atoms with Crippen molar-refractivity contribution in [2.75, 3.05) is 13.2 Å². The van der Waals surface area contributed by atoms with Crippen LogP contribution in [0, 0.1) is 44.8 Å². The average molecular weight is 941 g/mol. The molecule has 8 rings (SSSR count). The number of aliphatic hydroxyl groups is 10. The summed E-state index contributed by atoms with van der Waals surface area (Å²) >= 11 is 0. The van der Waals surface area contributed by atoms with Crippen LogP contribution in [0.15, 0.2) is 23.8 Å². The third kappa shape index (κ3) is 7.57. The molecule has 4 saturated carbocycles. The van der Waals surface area contributed by atoms with E-state index in [1.807, 2.05) is 0 Å². The van der Waals surface area contributed by atoms with Crippen LogP contribution < -0.4 is 0 Å². The zero-order valence-electron chi connectivity index (χ0n) is 38.4. The molecule has 19 nitrogen and oxygen atoms in total. The summed E-state index contributed by atoms with van der Waals surface area (Å²) in [5.74, 6) is -2.00. The molecular formula is C47H72O19. The van der Waals surface area contributed by atoms with Gasteiger partial charge < -0.3 is 84.6 Å². The lowest BCUT2D eigenvalue weighted by molar-refractivity contribution is -0.361. The number of carboxylic acid groups (broad SMARTS) is 1. The third-order valence-electron chi connectivity index (χ3n) is 18.8. The number of fused-ring (bicyclic) bond motifs is 7. The number of carbonyl (C=O) groups excluding carboxylic acids is 1. The van der Waals surface area contributed by atoms with Gasteiger partial charge in [-0.1, -0.05) is 44.6 Å². The summed E-state index contributed by atoms with van der Waals surface area (Å²) in [6, 6.07) is 0. The first-order valence-corrected chi connectivity index (χ1v) is 23.7. The summed E-state index contributed by atoms with van der Waals surface area (Å²) in [4.78, 5) is 27.6. The second kappa shape index (κ2) is 17.9. The van der Waals surface area contributed by atoms with Crippen molar-refractivity contribution in [2.24, 2.45) is 44.8 Å². The lowest BCUT2D eigenvalue weighted by Gasteiger charge is -2.70. The van der Waals surface area contributed by atoms with Crippen LogP contribution in [0.25, 0.3) is 0 Å². The minimum absolute atomic E-state index is 0.125. The Morgan fingerprint density at radius 2 is 1.39 bits per heavy atom. The topological polar surface area (TPSA) is 312 Å². The van der Waals surface area contributed by atoms with Crippen LogP contribution in [0.1, 0.15) is 98.8 Å². The van der Waals surface area contributed by atoms with Crippen molar-refractivity contribution in [3.05, 3.63) is 23.8 Å². The highest BCUT2D eigenvalue weighted by Crippen LogP contribution is 2.75. The molecule has 3 aliphatic heterocycles. The largest absolute Gasteiger partial charge is 0.481 e. The van der Waals surface area contributed by atoms with Gasteiger partial charge in [-0.25, -0.2) is 0 Å². The third-order valence-corrected chi connectivity index (χ3v) is 18.8. The van der Waals surface area contributed by atoms with Crippen molar-refractivity contribution < 1.29 is 94.2 Å². The second-order valence-electron chi connectivity index (χ2n) is 21.8. The number of ether oxygens (including phenoxy) is 6. The summed E-state index contributed by atoms with van der Waals surface area (Å²) in [6.45, 7) is 12.9. The highest BCUT2D eigenvalue weighted by molar-refractivity contribution is 5.79. The number of hydrogen-bond acceptors (Lipinski definition) is 18. The van der Waals surface area contributed by atoms with Gasteiger partial charge >= 0.3 is 11.9 Å². The highest BCUT2D eigenvalue weighted by Gasteiger charge is 2.71. The van der Waals surface area contributed by atoms with Gasteiger partial charge in [0, 0.05) is 5.92 Å². The van der Waals surface area contributed by atoms with Gasteiger partial charge in [0.1, 0.15) is 67.1 Å². The Balaban J connectivity index is 0.970. The van der Waals surface area contributed by atoms with Crippen LogP contribution in [-0.4, -0.2) is 180 Å². The van der Waals surface area contributed by atoms with Crippen molar-refractivity contribution in [1.29, 1.82) is 0 Å². The Kier molecular flexibility index (Phi) is 13.6. The summed E-state index contributed by atoms with van der Waals surface area (Å²) in [6.07, 6.45) is -17.4. The van der Waals surface area contributed by atoms with Gasteiger partial charge in [-0.2, -0.15) is 0 Å². The van der Waals surface area contributed by atoms with Gasteiger partial charge in [0.25, 0.3) is 0 Å². The van der Waals surface area contributed by atoms with E-state index in [2.05, 4.69) is 33.4 Å². The highest BCUT2D eigenvalue weighted by atomic mass is 16.8. The minimum atomic E-state index is -1.87. The number of carbonyl (C=O) groups is 2. The van der Waals surface area contributed by atoms with Crippen molar-refractivity contribution >= 4 is 11.9 Å². The van der Waals surface area contributed by atoms with Crippen LogP contribution in [0.2, 0.25) is 0 Å². The van der Waals surface area contributed by atoms with E-state index in [4.69, 9.17) is 28.4 Å². The average Bonchev–Trinajstić information content (AvgIpc) is 3.28. The molecule has 0 amide bonds. The molecule has 374 valence electrons. The molecule has 5 aliphatic carbocycles. The number of aliphatic carboxylic acids is 1. The first-order valence-electron chi connectivity index (χ1n) is 23.7. The van der Waals surface area contributed by atoms with Gasteiger partial charge in [-0.3, -0.25) is 9.59 Å². The van der Waals surface area contributed by atoms with Gasteiger partial charge in [0.2, 0.25) is 6.29 Å². The molecule has 3 heterocycles. The molecule has 0 aromatic heterocycles. The molecule has 8 aliphatic rings. The van der Waals surface area contributed by atoms with Crippen LogP contribution in [0.3, 0.4) is 0 Å². The molecule has 24 atom stereocenters. The predicted molar refractivity (Wildman–Crippen MR) is 226 cm³/mol. The fourth-order valence-electron chi connectivity index (χ4n) is 14.4. The van der Waals surface area contributed by atoms with Gasteiger partial charge in [0.05, 0.1) is 36.3 Å². The Hall–Kier alpha value is -2.18. The summed E-state index contributed by atoms with van der Waals surface area (Å²) in [5.41, 5.74) is -1.16. The van der Waals surface area contributed by atoms with Gasteiger partial charge in [-0.05, 0) is 106 Å². The Morgan fingerprint density at radius 1 is 0.742 bits per heavy atom. The molecule has 0 spiro atoms. The molecule has 0 radical (unpaired) electrons. The van der Waals surface area contributed by atoms with E-state index in [0.717, 1.165) is 17.6 Å². The second-order valence-corrected chi connectivity index (χ2v) is 21.8. The fraction of sp³-hybridized carbons (Fsp3) is 0.872. The molecule has 3 saturated heterocycles. The number of esters is 1. The van der Waals surface area contributed by atoms with E-state index in [9.17, 15) is 65.8 Å². The normalized spacial score (nSPS) is 53.9. The van der Waals surface area contributed by atoms with E-state index in [-0.39, 0.29) is 34.0 Å². The van der Waals surface area contributed by atoms with Crippen molar-refractivity contribution in [3.63, 3.8) is 0 Å². The SMILES string of the molecule is C=C1CC[C@]2(C(=O)O[C@@H]3O[C@H](CO[C@@H]4O[C@H](CO)[C@@H](O[C@@H]5O[C@@H](C)[C@H](O)[C@@H](O)[C@H]5O)[C@H](O)[C@H]4O)[C@@H](O)[C@H](O)[C@H]3O)CC[C@]3(C)C(=CCC4[C@@]5(C)CC[C@H](O)[C@@](C)(C(=O)O)C5CC[C@]43C)[C@@H]2C1. The number of rotatable bonds is 9. The van der Waals surface area contributed by atoms with Gasteiger partial charge in [0.15, 0.2) is 12.6 Å². The molecule has 11 N–H and O–H groups in total. The van der Waals surface area contributed by atoms with Crippen molar-refractivity contribution in [3.8, 4) is 0 Å². The predicted octanol–water partition coefficient (Wildman–Crippen LogP) is -0.237. The van der Waals surface area contributed by atoms with Gasteiger partial charge in [-0.15, -0.1) is 0 Å². The van der Waals surface area contributed by atoms with E-state index in [0.29, 0.717) is 57.8 Å². The van der Waals surface area contributed by atoms with E-state index < -0.39 is 134 Å². The number of carboxylic acids is 1. The van der Waals surface area contributed by atoms with Crippen molar-refractivity contribution in [2.45, 2.75) is 197 Å². The molecule has 2 unspecified atom stereocenters. The molecular weight excluding hydrogens is 868 g/mol. The number of aliphatic hydroxyl groups excluding tert-OH is 10. The van der Waals surface area contributed by atoms with Crippen LogP contribution in [0.5, 0.6) is 0 Å². The Bertz CT molecular complexity index is 1880. The fourth-order valence-corrected chi connectivity index (χ4v) is 14.4. The first kappa shape index (κ1) is 50.2. The number of hydrogen-bond donors (Lipinski definition) is 11. The summed E-state index contributed by atoms with van der Waals surface area (Å²) in [5, 5.41) is 118. The van der Waals surface area contributed by atoms with E-state index >= 15 is 0 Å². The maximum absolute atomic E-state index is 14.8. The van der Waals surface area contributed by atoms with Crippen LogP contribution in [0.4, 0.5) is 0 Å². The minimum Gasteiger partial charge on any atom is -0.481 e. The molecule has 7 fully saturated rings. The zero-order valence-corrected chi connectivity index (χ0v) is 38.4. The van der Waals surface area contributed by atoms with E-state index in [1.54, 1.807) is 6.92 Å². The summed E-state index contributed by atoms with van der Waals surface area (Å²) in [7, 11) is 0. The zero-order chi connectivity index (χ0) is 48.2. The Morgan fingerprint density at radius 3 is 2.08 bits per heavy atom. The summed E-state index contributed by atoms with van der Waals surface area (Å²) < 4.78 is 34.5. The maximum atomic E-state index is 14.8. The molecule has 0 aromatic rings. The molecule has 0 aromatic carbocycles. The smallest absolute Gasteiger partial charge is 0.315 e. The lowest BCUT2D eigenvalue weighted by Crippen LogP contribution is -2.66. The molecule has 66 heavy (non-hydrogen) atoms. The quantitative estimate of drug-likeness (QED) is 0.105. The Labute approximate surface area is 384 Å². The maximum Gasteiger partial charge on any atom is 0.315 e.